The Kier molecular flexibility index (Phi) is 9.88. The van der Waals surface area contributed by atoms with Crippen molar-refractivity contribution in [2.75, 3.05) is 5.88 Å². The molecule has 33 heavy (non-hydrogen) atoms. The van der Waals surface area contributed by atoms with E-state index in [1.165, 1.54) is 6.20 Å². The van der Waals surface area contributed by atoms with Crippen LogP contribution in [0.1, 0.15) is 21.5 Å². The first-order chi connectivity index (χ1) is 16.1. The fourth-order valence-electron chi connectivity index (χ4n) is 2.68. The summed E-state index contributed by atoms with van der Waals surface area (Å²) < 4.78 is 12.1. The standard InChI is InChI=1S/C14H12ClNO2.C12H10BrNO/c15-7-14(17)12-6-13(9-16-8-12)18-10-11-4-2-1-3-5-11;13-11-6-12(8-14-7-11)15-9-10-4-2-1-3-5-10/h1-6,8-9H,7,10H2;1-8H,9H2. The second-order valence-electron chi connectivity index (χ2n) is 6.85. The average molecular weight is 526 g/mol. The van der Waals surface area contributed by atoms with E-state index in [9.17, 15) is 4.79 Å². The van der Waals surface area contributed by atoms with Crippen LogP contribution in [0.4, 0.5) is 0 Å². The summed E-state index contributed by atoms with van der Waals surface area (Å²) in [5.74, 6) is 1.13. The van der Waals surface area contributed by atoms with Gasteiger partial charge in [-0.2, -0.15) is 0 Å². The van der Waals surface area contributed by atoms with Crippen molar-refractivity contribution in [1.82, 2.24) is 9.97 Å². The minimum Gasteiger partial charge on any atom is -0.487 e. The quantitative estimate of drug-likeness (QED) is 0.194. The molecule has 0 amide bonds. The molecule has 2 aromatic heterocycles. The van der Waals surface area contributed by atoms with Crippen LogP contribution in [0.3, 0.4) is 0 Å². The lowest BCUT2D eigenvalue weighted by atomic mass is 10.2. The normalized spacial score (nSPS) is 10.0. The summed E-state index contributed by atoms with van der Waals surface area (Å²) in [7, 11) is 0. The van der Waals surface area contributed by atoms with Crippen LogP contribution < -0.4 is 9.47 Å². The molecule has 0 saturated heterocycles. The van der Waals surface area contributed by atoms with Gasteiger partial charge in [-0.25, -0.2) is 0 Å². The molecule has 0 spiro atoms. The van der Waals surface area contributed by atoms with E-state index in [1.807, 2.05) is 66.7 Å². The van der Waals surface area contributed by atoms with Crippen LogP contribution in [0.2, 0.25) is 0 Å². The predicted molar refractivity (Wildman–Crippen MR) is 133 cm³/mol. The molecule has 0 aliphatic carbocycles. The number of pyridine rings is 2. The number of nitrogens with zero attached hydrogens (tertiary/aromatic N) is 2. The van der Waals surface area contributed by atoms with E-state index in [0.29, 0.717) is 24.5 Å². The maximum absolute atomic E-state index is 11.4. The summed E-state index contributed by atoms with van der Waals surface area (Å²) in [6, 6.07) is 23.4. The van der Waals surface area contributed by atoms with Gasteiger partial charge in [-0.1, -0.05) is 60.7 Å². The van der Waals surface area contributed by atoms with Gasteiger partial charge in [0.1, 0.15) is 24.7 Å². The Morgan fingerprint density at radius 2 is 1.27 bits per heavy atom. The molecule has 2 aromatic carbocycles. The third kappa shape index (κ3) is 8.67. The van der Waals surface area contributed by atoms with Gasteiger partial charge in [0.05, 0.1) is 18.3 Å². The molecule has 0 atom stereocenters. The minimum atomic E-state index is -0.158. The number of Topliss-reactive ketones (excluding diaryl/α,β-unsaturated/α-hetero) is 1. The molecule has 168 valence electrons. The van der Waals surface area contributed by atoms with Gasteiger partial charge in [-0.05, 0) is 39.2 Å². The molecule has 5 nitrogen and oxygen atoms in total. The van der Waals surface area contributed by atoms with E-state index in [1.54, 1.807) is 24.7 Å². The summed E-state index contributed by atoms with van der Waals surface area (Å²) >= 11 is 8.84. The smallest absolute Gasteiger partial charge is 0.179 e. The number of benzene rings is 2. The van der Waals surface area contributed by atoms with E-state index in [2.05, 4.69) is 25.9 Å². The van der Waals surface area contributed by atoms with Gasteiger partial charge in [-0.15, -0.1) is 11.6 Å². The summed E-state index contributed by atoms with van der Waals surface area (Å²) in [5.41, 5.74) is 2.68. The minimum absolute atomic E-state index is 0.0518. The highest BCUT2D eigenvalue weighted by atomic mass is 79.9. The summed E-state index contributed by atoms with van der Waals surface area (Å²) in [5, 5.41) is 0. The first kappa shape index (κ1) is 24.4. The molecular formula is C26H22BrClN2O3. The van der Waals surface area contributed by atoms with Crippen molar-refractivity contribution < 1.29 is 14.3 Å². The van der Waals surface area contributed by atoms with Crippen molar-refractivity contribution in [2.24, 2.45) is 0 Å². The molecule has 0 fully saturated rings. The number of ether oxygens (including phenoxy) is 2. The zero-order valence-corrected chi connectivity index (χ0v) is 20.1. The highest BCUT2D eigenvalue weighted by Crippen LogP contribution is 2.17. The van der Waals surface area contributed by atoms with Gasteiger partial charge in [0.25, 0.3) is 0 Å². The lowest BCUT2D eigenvalue weighted by molar-refractivity contribution is 0.102. The number of hydrogen-bond donors (Lipinski definition) is 0. The average Bonchev–Trinajstić information content (AvgIpc) is 2.88. The number of carbonyl (C=O) groups is 1. The molecule has 0 N–H and O–H groups in total. The third-order valence-corrected chi connectivity index (χ3v) is 5.01. The molecule has 0 radical (unpaired) electrons. The number of rotatable bonds is 8. The Labute approximate surface area is 206 Å². The fourth-order valence-corrected chi connectivity index (χ4v) is 3.18. The van der Waals surface area contributed by atoms with E-state index < -0.39 is 0 Å². The summed E-state index contributed by atoms with van der Waals surface area (Å²) in [4.78, 5) is 19.4. The van der Waals surface area contributed by atoms with Crippen LogP contribution in [0, 0.1) is 0 Å². The molecule has 0 bridgehead atoms. The molecule has 0 aliphatic rings. The number of ketones is 1. The molecule has 7 heteroatoms. The van der Waals surface area contributed by atoms with Crippen molar-refractivity contribution in [2.45, 2.75) is 13.2 Å². The van der Waals surface area contributed by atoms with Gasteiger partial charge in [0, 0.05) is 22.4 Å². The maximum Gasteiger partial charge on any atom is 0.179 e. The molecule has 0 aliphatic heterocycles. The second-order valence-corrected chi connectivity index (χ2v) is 8.04. The van der Waals surface area contributed by atoms with Crippen LogP contribution in [-0.4, -0.2) is 21.6 Å². The zero-order chi connectivity index (χ0) is 23.3. The molecule has 2 heterocycles. The Morgan fingerprint density at radius 3 is 1.79 bits per heavy atom. The van der Waals surface area contributed by atoms with Crippen molar-refractivity contribution in [3.8, 4) is 11.5 Å². The lowest BCUT2D eigenvalue weighted by Crippen LogP contribution is -2.02. The van der Waals surface area contributed by atoms with Crippen LogP contribution in [-0.2, 0) is 13.2 Å². The first-order valence-electron chi connectivity index (χ1n) is 10.1. The van der Waals surface area contributed by atoms with E-state index >= 15 is 0 Å². The van der Waals surface area contributed by atoms with Gasteiger partial charge >= 0.3 is 0 Å². The van der Waals surface area contributed by atoms with Crippen molar-refractivity contribution in [3.63, 3.8) is 0 Å². The monoisotopic (exact) mass is 524 g/mol. The molecule has 4 aromatic rings. The predicted octanol–water partition coefficient (Wildman–Crippen LogP) is 6.51. The van der Waals surface area contributed by atoms with Gasteiger partial charge in [0.2, 0.25) is 0 Å². The Bertz CT molecular complexity index is 1140. The fraction of sp³-hybridized carbons (Fsp3) is 0.115. The molecule has 0 unspecified atom stereocenters. The van der Waals surface area contributed by atoms with Crippen molar-refractivity contribution >= 4 is 33.3 Å². The Morgan fingerprint density at radius 1 is 0.758 bits per heavy atom. The number of carbonyl (C=O) groups excluding carboxylic acids is 1. The number of alkyl halides is 1. The van der Waals surface area contributed by atoms with Gasteiger partial charge in [-0.3, -0.25) is 14.8 Å². The van der Waals surface area contributed by atoms with Gasteiger partial charge in [0.15, 0.2) is 5.78 Å². The van der Waals surface area contributed by atoms with E-state index in [-0.39, 0.29) is 11.7 Å². The SMILES string of the molecule is Brc1cncc(OCc2ccccc2)c1.O=C(CCl)c1cncc(OCc2ccccc2)c1. The van der Waals surface area contributed by atoms with Crippen LogP contribution in [0.15, 0.2) is 102 Å². The largest absolute Gasteiger partial charge is 0.487 e. The van der Waals surface area contributed by atoms with Crippen LogP contribution >= 0.6 is 27.5 Å². The van der Waals surface area contributed by atoms with Crippen LogP contribution in [0.25, 0.3) is 0 Å². The van der Waals surface area contributed by atoms with E-state index in [4.69, 9.17) is 21.1 Å². The third-order valence-electron chi connectivity index (χ3n) is 4.33. The lowest BCUT2D eigenvalue weighted by Gasteiger charge is -2.06. The number of aromatic nitrogens is 2. The van der Waals surface area contributed by atoms with Crippen LogP contribution in [0.5, 0.6) is 11.5 Å². The Hall–Kier alpha value is -3.22. The number of halogens is 2. The van der Waals surface area contributed by atoms with E-state index in [0.717, 1.165) is 21.3 Å². The molecule has 0 saturated carbocycles. The summed E-state index contributed by atoms with van der Waals surface area (Å²) in [6.45, 7) is 1.01. The second kappa shape index (κ2) is 13.4. The molecular weight excluding hydrogens is 504 g/mol. The topological polar surface area (TPSA) is 61.3 Å². The summed E-state index contributed by atoms with van der Waals surface area (Å²) in [6.07, 6.45) is 6.50. The zero-order valence-electron chi connectivity index (χ0n) is 17.7. The number of hydrogen-bond acceptors (Lipinski definition) is 5. The highest BCUT2D eigenvalue weighted by molar-refractivity contribution is 9.10. The van der Waals surface area contributed by atoms with Gasteiger partial charge < -0.3 is 9.47 Å². The first-order valence-corrected chi connectivity index (χ1v) is 11.4. The molecule has 4 rings (SSSR count). The maximum atomic E-state index is 11.4. The van der Waals surface area contributed by atoms with Crippen molar-refractivity contribution in [1.29, 1.82) is 0 Å². The van der Waals surface area contributed by atoms with Crippen molar-refractivity contribution in [3.05, 3.63) is 119 Å². The Balaban J connectivity index is 0.000000189. The highest BCUT2D eigenvalue weighted by Gasteiger charge is 2.06.